The summed E-state index contributed by atoms with van der Waals surface area (Å²) in [7, 11) is 0. The molecule has 0 bridgehead atoms. The summed E-state index contributed by atoms with van der Waals surface area (Å²) in [5, 5.41) is 0. The number of para-hydroxylation sites is 1. The molecule has 0 atom stereocenters. The van der Waals surface area contributed by atoms with Gasteiger partial charge in [0, 0.05) is 18.8 Å². The van der Waals surface area contributed by atoms with Gasteiger partial charge in [-0.2, -0.15) is 0 Å². The molecule has 0 N–H and O–H groups in total. The van der Waals surface area contributed by atoms with E-state index in [0.29, 0.717) is 0 Å². The maximum atomic E-state index is 2.50. The SMILES string of the molecule is CCCCCCCCCCCCCCCCCCN(CC)c1ccccc1. The first-order valence-electron chi connectivity index (χ1n) is 12.2. The zero-order chi connectivity index (χ0) is 19.4. The summed E-state index contributed by atoms with van der Waals surface area (Å²) in [6.07, 6.45) is 23.0. The van der Waals surface area contributed by atoms with E-state index in [4.69, 9.17) is 0 Å². The molecule has 0 amide bonds. The van der Waals surface area contributed by atoms with E-state index in [1.165, 1.54) is 115 Å². The van der Waals surface area contributed by atoms with Crippen LogP contribution in [0, 0.1) is 0 Å². The monoisotopic (exact) mass is 373 g/mol. The molecule has 0 aliphatic heterocycles. The van der Waals surface area contributed by atoms with Gasteiger partial charge in [-0.3, -0.25) is 0 Å². The van der Waals surface area contributed by atoms with E-state index in [9.17, 15) is 0 Å². The highest BCUT2D eigenvalue weighted by atomic mass is 15.1. The average molecular weight is 374 g/mol. The maximum Gasteiger partial charge on any atom is 0.0366 e. The van der Waals surface area contributed by atoms with Crippen LogP contribution in [-0.2, 0) is 0 Å². The van der Waals surface area contributed by atoms with Crippen LogP contribution in [0.5, 0.6) is 0 Å². The molecule has 27 heavy (non-hydrogen) atoms. The van der Waals surface area contributed by atoms with Crippen LogP contribution in [0.3, 0.4) is 0 Å². The first-order chi connectivity index (χ1) is 13.4. The summed E-state index contributed by atoms with van der Waals surface area (Å²) >= 11 is 0. The standard InChI is InChI=1S/C26H47N/c1-3-5-6-7-8-9-10-11-12-13-14-15-16-17-18-22-25-27(4-2)26-23-20-19-21-24-26/h19-21,23-24H,3-18,22,25H2,1-2H3. The van der Waals surface area contributed by atoms with Gasteiger partial charge in [0.25, 0.3) is 0 Å². The van der Waals surface area contributed by atoms with Crippen molar-refractivity contribution in [2.24, 2.45) is 0 Å². The number of unbranched alkanes of at least 4 members (excludes halogenated alkanes) is 15. The van der Waals surface area contributed by atoms with Crippen molar-refractivity contribution in [1.82, 2.24) is 0 Å². The van der Waals surface area contributed by atoms with Crippen molar-refractivity contribution < 1.29 is 0 Å². The Morgan fingerprint density at radius 2 is 0.926 bits per heavy atom. The predicted molar refractivity (Wildman–Crippen MR) is 124 cm³/mol. The van der Waals surface area contributed by atoms with Crippen LogP contribution in [-0.4, -0.2) is 13.1 Å². The van der Waals surface area contributed by atoms with Gasteiger partial charge in [0.2, 0.25) is 0 Å². The Labute approximate surface area is 170 Å². The van der Waals surface area contributed by atoms with Gasteiger partial charge in [-0.05, 0) is 25.5 Å². The highest BCUT2D eigenvalue weighted by Gasteiger charge is 2.02. The fourth-order valence-electron chi connectivity index (χ4n) is 3.96. The largest absolute Gasteiger partial charge is 0.372 e. The molecule has 0 saturated carbocycles. The molecule has 0 heterocycles. The molecule has 0 fully saturated rings. The molecule has 0 radical (unpaired) electrons. The first kappa shape index (κ1) is 24.1. The van der Waals surface area contributed by atoms with Crippen molar-refractivity contribution >= 4 is 5.69 Å². The van der Waals surface area contributed by atoms with Crippen LogP contribution in [0.15, 0.2) is 30.3 Å². The maximum absolute atomic E-state index is 2.50. The minimum atomic E-state index is 1.11. The topological polar surface area (TPSA) is 3.24 Å². The number of nitrogens with zero attached hydrogens (tertiary/aromatic N) is 1. The van der Waals surface area contributed by atoms with Gasteiger partial charge in [0.1, 0.15) is 0 Å². The quantitative estimate of drug-likeness (QED) is 0.219. The van der Waals surface area contributed by atoms with Gasteiger partial charge in [-0.25, -0.2) is 0 Å². The highest BCUT2D eigenvalue weighted by molar-refractivity contribution is 5.45. The van der Waals surface area contributed by atoms with Gasteiger partial charge >= 0.3 is 0 Å². The molecule has 156 valence electrons. The zero-order valence-corrected chi connectivity index (χ0v) is 18.6. The fourth-order valence-corrected chi connectivity index (χ4v) is 3.96. The molecule has 0 spiro atoms. The molecule has 0 aromatic heterocycles. The predicted octanol–water partition coefficient (Wildman–Crippen LogP) is 8.77. The summed E-state index contributed by atoms with van der Waals surface area (Å²) < 4.78 is 0. The molecule has 1 aromatic rings. The highest BCUT2D eigenvalue weighted by Crippen LogP contribution is 2.16. The third-order valence-corrected chi connectivity index (χ3v) is 5.78. The summed E-state index contributed by atoms with van der Waals surface area (Å²) in [4.78, 5) is 2.50. The zero-order valence-electron chi connectivity index (χ0n) is 18.6. The Morgan fingerprint density at radius 3 is 1.33 bits per heavy atom. The van der Waals surface area contributed by atoms with Crippen LogP contribution < -0.4 is 4.90 Å². The summed E-state index contributed by atoms with van der Waals surface area (Å²) in [5.74, 6) is 0. The molecule has 0 aliphatic rings. The number of hydrogen-bond acceptors (Lipinski definition) is 1. The molecule has 0 aliphatic carbocycles. The van der Waals surface area contributed by atoms with Gasteiger partial charge in [-0.1, -0.05) is 121 Å². The fraction of sp³-hybridized carbons (Fsp3) is 0.769. The molecule has 1 heteroatoms. The van der Waals surface area contributed by atoms with E-state index in [2.05, 4.69) is 49.1 Å². The average Bonchev–Trinajstić information content (AvgIpc) is 2.71. The first-order valence-corrected chi connectivity index (χ1v) is 12.2. The van der Waals surface area contributed by atoms with Gasteiger partial charge in [0.15, 0.2) is 0 Å². The van der Waals surface area contributed by atoms with E-state index >= 15 is 0 Å². The third-order valence-electron chi connectivity index (χ3n) is 5.78. The molecule has 0 saturated heterocycles. The smallest absolute Gasteiger partial charge is 0.0366 e. The van der Waals surface area contributed by atoms with Crippen LogP contribution in [0.4, 0.5) is 5.69 Å². The van der Waals surface area contributed by atoms with Crippen molar-refractivity contribution in [1.29, 1.82) is 0 Å². The minimum Gasteiger partial charge on any atom is -0.372 e. The van der Waals surface area contributed by atoms with Crippen molar-refractivity contribution in [3.8, 4) is 0 Å². The Bertz CT molecular complexity index is 400. The molecule has 1 aromatic carbocycles. The van der Waals surface area contributed by atoms with Gasteiger partial charge < -0.3 is 4.90 Å². The number of hydrogen-bond donors (Lipinski definition) is 0. The molecular formula is C26H47N. The second kappa shape index (κ2) is 18.4. The van der Waals surface area contributed by atoms with Crippen LogP contribution >= 0.6 is 0 Å². The molecular weight excluding hydrogens is 326 g/mol. The Morgan fingerprint density at radius 1 is 0.519 bits per heavy atom. The molecule has 0 unspecified atom stereocenters. The third kappa shape index (κ3) is 13.8. The van der Waals surface area contributed by atoms with E-state index in [-0.39, 0.29) is 0 Å². The van der Waals surface area contributed by atoms with Crippen LogP contribution in [0.1, 0.15) is 117 Å². The minimum absolute atomic E-state index is 1.11. The van der Waals surface area contributed by atoms with E-state index in [0.717, 1.165) is 6.54 Å². The van der Waals surface area contributed by atoms with Crippen molar-refractivity contribution in [2.45, 2.75) is 117 Å². The second-order valence-corrected chi connectivity index (χ2v) is 8.22. The van der Waals surface area contributed by atoms with Crippen molar-refractivity contribution in [3.63, 3.8) is 0 Å². The van der Waals surface area contributed by atoms with E-state index in [1.807, 2.05) is 0 Å². The van der Waals surface area contributed by atoms with Gasteiger partial charge in [0.05, 0.1) is 0 Å². The second-order valence-electron chi connectivity index (χ2n) is 8.22. The Balaban J connectivity index is 1.81. The lowest BCUT2D eigenvalue weighted by Gasteiger charge is -2.23. The lowest BCUT2D eigenvalue weighted by atomic mass is 10.0. The number of anilines is 1. The number of rotatable bonds is 19. The van der Waals surface area contributed by atoms with E-state index < -0.39 is 0 Å². The normalized spacial score (nSPS) is 11.0. The summed E-state index contributed by atoms with van der Waals surface area (Å²) in [6.45, 7) is 6.88. The van der Waals surface area contributed by atoms with Crippen LogP contribution in [0.2, 0.25) is 0 Å². The summed E-state index contributed by atoms with van der Waals surface area (Å²) in [6, 6.07) is 10.9. The lowest BCUT2D eigenvalue weighted by Crippen LogP contribution is -2.23. The van der Waals surface area contributed by atoms with Gasteiger partial charge in [-0.15, -0.1) is 0 Å². The lowest BCUT2D eigenvalue weighted by molar-refractivity contribution is 0.529. The van der Waals surface area contributed by atoms with Crippen molar-refractivity contribution in [2.75, 3.05) is 18.0 Å². The Kier molecular flexibility index (Phi) is 16.4. The van der Waals surface area contributed by atoms with E-state index in [1.54, 1.807) is 0 Å². The summed E-state index contributed by atoms with van der Waals surface area (Å²) in [5.41, 5.74) is 1.38. The molecule has 1 rings (SSSR count). The Hall–Kier alpha value is -0.980. The van der Waals surface area contributed by atoms with Crippen molar-refractivity contribution in [3.05, 3.63) is 30.3 Å². The number of benzene rings is 1. The van der Waals surface area contributed by atoms with Crippen LogP contribution in [0.25, 0.3) is 0 Å². The molecule has 1 nitrogen and oxygen atoms in total.